The fourth-order valence-corrected chi connectivity index (χ4v) is 3.54. The van der Waals surface area contributed by atoms with Gasteiger partial charge in [0.05, 0.1) is 65.6 Å². The van der Waals surface area contributed by atoms with Gasteiger partial charge in [-0.25, -0.2) is 24.2 Å². The topological polar surface area (TPSA) is 484 Å². The van der Waals surface area contributed by atoms with Gasteiger partial charge in [-0.3, -0.25) is 10.2 Å². The monoisotopic (exact) mass is 1680 g/mol. The number of aromatic nitrogens is 31. The first-order valence-corrected chi connectivity index (χ1v) is 39.9. The van der Waals surface area contributed by atoms with Crippen LogP contribution in [-0.4, -0.2) is 157 Å². The van der Waals surface area contributed by atoms with Gasteiger partial charge in [0.25, 0.3) is 5.89 Å². The molecular weight excluding hydrogens is 1530 g/mol. The first-order valence-electron chi connectivity index (χ1n) is 38.4. The van der Waals surface area contributed by atoms with Gasteiger partial charge in [-0.2, -0.15) is 29.9 Å². The van der Waals surface area contributed by atoms with Gasteiger partial charge in [0.2, 0.25) is 0 Å². The van der Waals surface area contributed by atoms with Crippen molar-refractivity contribution in [3.63, 3.8) is 0 Å². The summed E-state index contributed by atoms with van der Waals surface area (Å²) in [6.07, 6.45) is 32.0. The van der Waals surface area contributed by atoms with Crippen LogP contribution in [-0.2, 0) is 0 Å². The molecule has 0 aliphatic carbocycles. The molecule has 0 saturated heterocycles. The van der Waals surface area contributed by atoms with Crippen LogP contribution >= 0.6 is 23.3 Å². The predicted molar refractivity (Wildman–Crippen MR) is 465 cm³/mol. The molecule has 0 fully saturated rings. The molecule has 13 heterocycles. The molecule has 13 aromatic rings. The van der Waals surface area contributed by atoms with Crippen molar-refractivity contribution in [1.82, 2.24) is 157 Å². The second kappa shape index (κ2) is 109. The minimum Gasteiger partial charge on any atom is -0.452 e. The Bertz CT molecular complexity index is 2590. The van der Waals surface area contributed by atoms with Crippen LogP contribution in [0.4, 0.5) is 0 Å². The van der Waals surface area contributed by atoms with Gasteiger partial charge in [0, 0.05) is 65.5 Å². The fourth-order valence-electron chi connectivity index (χ4n) is 2.89. The van der Waals surface area contributed by atoms with E-state index >= 15 is 0 Å². The lowest BCUT2D eigenvalue weighted by atomic mass is 10.2. The van der Waals surface area contributed by atoms with Gasteiger partial charge in [-0.15, -0.1) is 30.6 Å². The molecule has 13 rings (SSSR count). The Labute approximate surface area is 708 Å². The molecule has 2 N–H and O–H groups in total. The zero-order chi connectivity index (χ0) is 91.2. The summed E-state index contributed by atoms with van der Waals surface area (Å²) in [7, 11) is 0. The molecule has 664 valence electrons. The molecule has 0 aliphatic heterocycles. The van der Waals surface area contributed by atoms with Crippen LogP contribution in [0.3, 0.4) is 0 Å². The Kier molecular flexibility index (Phi) is 119. The third-order valence-corrected chi connectivity index (χ3v) is 7.31. The minimum absolute atomic E-state index is 0.282. The van der Waals surface area contributed by atoms with E-state index in [-0.39, 0.29) is 5.92 Å². The molecule has 0 spiro atoms. The number of H-pyrrole nitrogens is 2. The maximum Gasteiger partial charge on any atom is 0.250 e. The van der Waals surface area contributed by atoms with Crippen molar-refractivity contribution in [2.24, 2.45) is 59.2 Å². The predicted octanol–water partition coefficient (Wildman–Crippen LogP) is 20.7. The highest BCUT2D eigenvalue weighted by atomic mass is 32.1. The number of hydrogen-bond donors (Lipinski definition) is 2. The van der Waals surface area contributed by atoms with E-state index in [4.69, 9.17) is 0 Å². The van der Waals surface area contributed by atoms with Crippen LogP contribution in [0.1, 0.15) is 284 Å². The smallest absolute Gasteiger partial charge is 0.250 e. The number of nitrogens with zero attached hydrogens (tertiary/aromatic N) is 29. The highest BCUT2D eigenvalue weighted by molar-refractivity contribution is 7.05. The summed E-state index contributed by atoms with van der Waals surface area (Å²) in [5.74, 6) is 10.1. The molecule has 13 aromatic heterocycles. The summed E-state index contributed by atoms with van der Waals surface area (Å²) >= 11 is 2.46. The Morgan fingerprint density at radius 1 is 0.333 bits per heavy atom. The number of rotatable bonds is 3. The summed E-state index contributed by atoms with van der Waals surface area (Å²) in [6.45, 7) is 77.2. The Balaban J connectivity index is -0.000000128. The number of oxazole rings is 1. The fraction of sp³-hybridized carbons (Fsp3) is 0.628. The van der Waals surface area contributed by atoms with E-state index in [0.29, 0.717) is 17.7 Å². The molecular formula is C78H149N31O6S2. The average molecular weight is 1680 g/mol. The molecule has 0 aromatic carbocycles. The summed E-state index contributed by atoms with van der Waals surface area (Å²) in [5.41, 5.74) is 0.907. The molecule has 117 heavy (non-hydrogen) atoms. The lowest BCUT2D eigenvalue weighted by Crippen LogP contribution is -1.85. The van der Waals surface area contributed by atoms with Crippen LogP contribution in [0.25, 0.3) is 0 Å². The first-order chi connectivity index (χ1) is 55.2. The van der Waals surface area contributed by atoms with Gasteiger partial charge in [0.1, 0.15) is 48.5 Å². The largest absolute Gasteiger partial charge is 0.452 e. The molecule has 0 unspecified atom stereocenters. The van der Waals surface area contributed by atoms with Crippen molar-refractivity contribution in [2.45, 2.75) is 267 Å². The van der Waals surface area contributed by atoms with Crippen molar-refractivity contribution >= 4 is 23.3 Å². The van der Waals surface area contributed by atoms with Crippen LogP contribution < -0.4 is 0 Å². The van der Waals surface area contributed by atoms with E-state index in [1.165, 1.54) is 80.7 Å². The van der Waals surface area contributed by atoms with E-state index in [1.807, 2.05) is 45.9 Å². The summed E-state index contributed by atoms with van der Waals surface area (Å²) < 4.78 is 36.6. The summed E-state index contributed by atoms with van der Waals surface area (Å²) in [4.78, 5) is 10.7. The van der Waals surface area contributed by atoms with Crippen LogP contribution in [0, 0.1) is 59.2 Å². The van der Waals surface area contributed by atoms with Crippen molar-refractivity contribution < 1.29 is 27.2 Å². The first kappa shape index (κ1) is 127. The second-order valence-corrected chi connectivity index (χ2v) is 31.2. The normalized spacial score (nSPS) is 8.83. The zero-order valence-corrected chi connectivity index (χ0v) is 78.9. The van der Waals surface area contributed by atoms with Gasteiger partial charge in [-0.1, -0.05) is 284 Å². The Morgan fingerprint density at radius 2 is 0.880 bits per heavy atom. The summed E-state index contributed by atoms with van der Waals surface area (Å²) in [5, 5.41) is 84.1. The minimum atomic E-state index is 0.282. The van der Waals surface area contributed by atoms with E-state index in [9.17, 15) is 0 Å². The van der Waals surface area contributed by atoms with Crippen molar-refractivity contribution in [3.8, 4) is 0 Å². The number of aromatic amines is 2. The van der Waals surface area contributed by atoms with Gasteiger partial charge >= 0.3 is 0 Å². The SMILES string of the molecule is CC(C)C.CC(C)C.CC(C)C.CC(C)C.CC(C)C.CC(C)C.CC(C)C.CC(C)C.CC(C)C.CC(C)C.CC(C)c1cnon1.CC(C)c1nnno1.CC(C)c1nnns1.c1ccnnc1.c1cn[nH]c1.c1cnncn1.c1cnnnc1.c1cnoc1.c1cocn1.c1conn1.c1nc[nH]n1.c1nnon1.c1nnsn1. The van der Waals surface area contributed by atoms with Crippen molar-refractivity contribution in [2.75, 3.05) is 0 Å². The van der Waals surface area contributed by atoms with Gasteiger partial charge in [-0.05, 0) is 110 Å². The number of nitrogens with one attached hydrogen (secondary N) is 2. The molecule has 0 saturated carbocycles. The average Bonchev–Trinajstić information content (AvgIpc) is 1.84. The molecule has 0 atom stereocenters. The van der Waals surface area contributed by atoms with Crippen molar-refractivity contribution in [3.05, 3.63) is 178 Å². The van der Waals surface area contributed by atoms with E-state index in [0.717, 1.165) is 81.6 Å². The highest BCUT2D eigenvalue weighted by Crippen LogP contribution is 2.12. The van der Waals surface area contributed by atoms with E-state index in [2.05, 4.69) is 406 Å². The van der Waals surface area contributed by atoms with Gasteiger partial charge < -0.3 is 18.0 Å². The molecule has 0 aliphatic rings. The van der Waals surface area contributed by atoms with E-state index in [1.54, 1.807) is 74.1 Å². The molecule has 37 nitrogen and oxygen atoms in total. The quantitative estimate of drug-likeness (QED) is 0.166. The van der Waals surface area contributed by atoms with Crippen LogP contribution in [0.2, 0.25) is 0 Å². The molecule has 0 bridgehead atoms. The summed E-state index contributed by atoms with van der Waals surface area (Å²) in [6, 6.07) is 8.92. The zero-order valence-electron chi connectivity index (χ0n) is 77.3. The third kappa shape index (κ3) is 198. The van der Waals surface area contributed by atoms with Crippen LogP contribution in [0.5, 0.6) is 0 Å². The molecule has 39 heteroatoms. The van der Waals surface area contributed by atoms with Gasteiger partial charge in [0.15, 0.2) is 19.0 Å². The lowest BCUT2D eigenvalue weighted by Gasteiger charge is -1.91. The molecule has 0 radical (unpaired) electrons. The highest BCUT2D eigenvalue weighted by Gasteiger charge is 2.04. The third-order valence-electron chi connectivity index (χ3n) is 6.06. The Morgan fingerprint density at radius 3 is 1.02 bits per heavy atom. The van der Waals surface area contributed by atoms with E-state index < -0.39 is 0 Å². The van der Waals surface area contributed by atoms with Crippen molar-refractivity contribution in [1.29, 1.82) is 0 Å². The maximum atomic E-state index is 4.62. The molecule has 0 amide bonds. The Hall–Kier alpha value is -10.7. The second-order valence-electron chi connectivity index (χ2n) is 29.9. The lowest BCUT2D eigenvalue weighted by molar-refractivity contribution is 0.292. The maximum absolute atomic E-state index is 4.62. The van der Waals surface area contributed by atoms with Crippen LogP contribution in [0.15, 0.2) is 189 Å². The standard InChI is InChI=1S/C5H8N2O.C4H7N3O.C4H7N3S.C4H4N2.10C4H10.2C3H3N3.C3H4N2.2C3H3NO.C2H3N3.C2H2N2O.CHN3O.CHN3S/c1-4(2)5-3-6-8-7-5;2*1-3(2)4-5-6-7-8-4;1-2-4-6-5-3-1;10*1-4(2)3;1-2-5-6-3-4-1;1-2-4-6-5-3-1;1-2-4-5-3-1;1-2-5-3-4-1;1-2-4-5-3-1;1-3-2-5-4-1;1-2-5-4-3-1;2*1-2-4-5-3-1/h3-4H,1-2H3;2*3H,1-2H3;1-4H;10*4H,1-3H3;2*1-3H;1-3H,(H,4,5);2*1-3H;1-2H,(H,3,4,5);1-2H;2*1H. The number of hydrogen-bond acceptors (Lipinski definition) is 37.